The zero-order valence-corrected chi connectivity index (χ0v) is 10.2. The lowest BCUT2D eigenvalue weighted by molar-refractivity contribution is 0.440. The second-order valence-corrected chi connectivity index (χ2v) is 4.12. The summed E-state index contributed by atoms with van der Waals surface area (Å²) >= 11 is 0. The standard InChI is InChI=1S/C13H12F2N2O2/c1-2-10-12(18)16-11(17-13(10)19)5-7-3-8(14)6-9(15)4-7/h3-4,6H,2,5H2,1H3,(H2,16,17,18,19). The molecule has 2 rings (SSSR count). The van der Waals surface area contributed by atoms with Crippen molar-refractivity contribution >= 4 is 0 Å². The zero-order chi connectivity index (χ0) is 14.0. The molecule has 0 amide bonds. The molecular weight excluding hydrogens is 254 g/mol. The largest absolute Gasteiger partial charge is 0.493 e. The van der Waals surface area contributed by atoms with E-state index in [4.69, 9.17) is 0 Å². The molecule has 0 aliphatic carbocycles. The molecule has 2 aromatic rings. The van der Waals surface area contributed by atoms with Crippen molar-refractivity contribution in [2.75, 3.05) is 0 Å². The van der Waals surface area contributed by atoms with E-state index in [2.05, 4.69) is 9.97 Å². The Hall–Kier alpha value is -2.24. The zero-order valence-electron chi connectivity index (χ0n) is 10.2. The number of hydrogen-bond donors (Lipinski definition) is 2. The van der Waals surface area contributed by atoms with Crippen LogP contribution in [0.5, 0.6) is 5.88 Å². The van der Waals surface area contributed by atoms with Crippen LogP contribution in [0.3, 0.4) is 0 Å². The Labute approximate surface area is 107 Å². The molecule has 1 aromatic carbocycles. The van der Waals surface area contributed by atoms with Crippen LogP contribution in [0, 0.1) is 11.6 Å². The second kappa shape index (κ2) is 5.17. The topological polar surface area (TPSA) is 66.0 Å². The van der Waals surface area contributed by atoms with E-state index >= 15 is 0 Å². The lowest BCUT2D eigenvalue weighted by Crippen LogP contribution is -2.16. The van der Waals surface area contributed by atoms with Gasteiger partial charge in [0.2, 0.25) is 5.88 Å². The van der Waals surface area contributed by atoms with Gasteiger partial charge in [0, 0.05) is 12.5 Å². The molecule has 0 spiro atoms. The number of aromatic nitrogens is 2. The first-order valence-electron chi connectivity index (χ1n) is 5.75. The first-order valence-corrected chi connectivity index (χ1v) is 5.75. The molecule has 0 aliphatic rings. The van der Waals surface area contributed by atoms with E-state index in [1.165, 1.54) is 0 Å². The van der Waals surface area contributed by atoms with E-state index < -0.39 is 17.2 Å². The highest BCUT2D eigenvalue weighted by Gasteiger charge is 2.10. The lowest BCUT2D eigenvalue weighted by atomic mass is 10.1. The van der Waals surface area contributed by atoms with Crippen molar-refractivity contribution in [1.29, 1.82) is 0 Å². The minimum absolute atomic E-state index is 0.0292. The number of benzene rings is 1. The van der Waals surface area contributed by atoms with Gasteiger partial charge in [-0.1, -0.05) is 6.92 Å². The highest BCUT2D eigenvalue weighted by atomic mass is 19.1. The molecule has 6 heteroatoms. The van der Waals surface area contributed by atoms with Crippen molar-refractivity contribution in [3.63, 3.8) is 0 Å². The molecule has 0 aliphatic heterocycles. The Morgan fingerprint density at radius 1 is 1.26 bits per heavy atom. The average Bonchev–Trinajstić information content (AvgIpc) is 2.26. The molecule has 0 saturated heterocycles. The van der Waals surface area contributed by atoms with Crippen LogP contribution in [-0.2, 0) is 12.8 Å². The summed E-state index contributed by atoms with van der Waals surface area (Å²) in [5.41, 5.74) is 0.0698. The molecule has 1 aromatic heterocycles. The summed E-state index contributed by atoms with van der Waals surface area (Å²) in [6.07, 6.45) is 0.379. The van der Waals surface area contributed by atoms with Crippen molar-refractivity contribution in [2.45, 2.75) is 19.8 Å². The van der Waals surface area contributed by atoms with Crippen molar-refractivity contribution in [3.8, 4) is 5.88 Å². The molecule has 0 unspecified atom stereocenters. The molecule has 100 valence electrons. The van der Waals surface area contributed by atoms with Gasteiger partial charge in [-0.2, -0.15) is 4.98 Å². The molecule has 0 bridgehead atoms. The molecule has 0 radical (unpaired) electrons. The SMILES string of the molecule is CCc1c(O)nc(Cc2cc(F)cc(F)c2)[nH]c1=O. The third-order valence-corrected chi connectivity index (χ3v) is 2.69. The number of H-pyrrole nitrogens is 1. The first kappa shape index (κ1) is 13.2. The summed E-state index contributed by atoms with van der Waals surface area (Å²) in [6, 6.07) is 3.05. The van der Waals surface area contributed by atoms with Gasteiger partial charge in [-0.05, 0) is 24.1 Å². The summed E-state index contributed by atoms with van der Waals surface area (Å²) < 4.78 is 26.1. The van der Waals surface area contributed by atoms with E-state index in [9.17, 15) is 18.7 Å². The van der Waals surface area contributed by atoms with Crippen LogP contribution in [0.1, 0.15) is 23.9 Å². The van der Waals surface area contributed by atoms with Crippen molar-refractivity contribution < 1.29 is 13.9 Å². The lowest BCUT2D eigenvalue weighted by Gasteiger charge is -2.05. The molecule has 0 saturated carbocycles. The van der Waals surface area contributed by atoms with Crippen LogP contribution in [0.25, 0.3) is 0 Å². The molecule has 4 nitrogen and oxygen atoms in total. The van der Waals surface area contributed by atoms with Crippen LogP contribution in [0.4, 0.5) is 8.78 Å². The minimum Gasteiger partial charge on any atom is -0.493 e. The highest BCUT2D eigenvalue weighted by molar-refractivity contribution is 5.26. The quantitative estimate of drug-likeness (QED) is 0.891. The Kier molecular flexibility index (Phi) is 3.59. The van der Waals surface area contributed by atoms with Crippen LogP contribution in [0.2, 0.25) is 0 Å². The fraction of sp³-hybridized carbons (Fsp3) is 0.231. The van der Waals surface area contributed by atoms with Gasteiger partial charge < -0.3 is 10.1 Å². The van der Waals surface area contributed by atoms with Crippen molar-refractivity contribution in [3.05, 3.63) is 57.1 Å². The predicted octanol–water partition coefficient (Wildman–Crippen LogP) is 1.91. The number of aromatic hydroxyl groups is 1. The van der Waals surface area contributed by atoms with E-state index in [0.29, 0.717) is 12.0 Å². The summed E-state index contributed by atoms with van der Waals surface area (Å²) in [5.74, 6) is -1.60. The van der Waals surface area contributed by atoms with E-state index in [0.717, 1.165) is 18.2 Å². The summed E-state index contributed by atoms with van der Waals surface area (Å²) in [4.78, 5) is 17.9. The van der Waals surface area contributed by atoms with E-state index in [-0.39, 0.29) is 23.7 Å². The highest BCUT2D eigenvalue weighted by Crippen LogP contribution is 2.13. The number of aromatic amines is 1. The smallest absolute Gasteiger partial charge is 0.257 e. The summed E-state index contributed by atoms with van der Waals surface area (Å²) in [5, 5.41) is 9.58. The maximum Gasteiger partial charge on any atom is 0.257 e. The van der Waals surface area contributed by atoms with Crippen molar-refractivity contribution in [1.82, 2.24) is 9.97 Å². The van der Waals surface area contributed by atoms with Gasteiger partial charge in [0.15, 0.2) is 0 Å². The number of nitrogens with one attached hydrogen (secondary N) is 1. The summed E-state index contributed by atoms with van der Waals surface area (Å²) in [6.45, 7) is 1.72. The maximum atomic E-state index is 13.0. The fourth-order valence-corrected chi connectivity index (χ4v) is 1.84. The molecule has 1 heterocycles. The monoisotopic (exact) mass is 266 g/mol. The predicted molar refractivity (Wildman–Crippen MR) is 65.1 cm³/mol. The van der Waals surface area contributed by atoms with Gasteiger partial charge in [0.1, 0.15) is 17.5 Å². The van der Waals surface area contributed by atoms with Crippen molar-refractivity contribution in [2.24, 2.45) is 0 Å². The molecule has 2 N–H and O–H groups in total. The van der Waals surface area contributed by atoms with E-state index in [1.54, 1.807) is 6.92 Å². The molecule has 19 heavy (non-hydrogen) atoms. The van der Waals surface area contributed by atoms with Crippen LogP contribution in [0.15, 0.2) is 23.0 Å². The Balaban J connectivity index is 2.36. The normalized spacial score (nSPS) is 10.7. The number of hydrogen-bond acceptors (Lipinski definition) is 3. The Morgan fingerprint density at radius 2 is 1.89 bits per heavy atom. The summed E-state index contributed by atoms with van der Waals surface area (Å²) in [7, 11) is 0. The van der Waals surface area contributed by atoms with Crippen LogP contribution < -0.4 is 5.56 Å². The first-order chi connectivity index (χ1) is 8.99. The number of nitrogens with zero attached hydrogens (tertiary/aromatic N) is 1. The van der Waals surface area contributed by atoms with Gasteiger partial charge in [0.05, 0.1) is 5.56 Å². The third kappa shape index (κ3) is 2.96. The van der Waals surface area contributed by atoms with E-state index in [1.807, 2.05) is 0 Å². The van der Waals surface area contributed by atoms with Gasteiger partial charge in [0.25, 0.3) is 5.56 Å². The van der Waals surface area contributed by atoms with Gasteiger partial charge in [-0.15, -0.1) is 0 Å². The number of rotatable bonds is 3. The van der Waals surface area contributed by atoms with Crippen LogP contribution in [-0.4, -0.2) is 15.1 Å². The molecular formula is C13H12F2N2O2. The second-order valence-electron chi connectivity index (χ2n) is 4.12. The molecule has 0 fully saturated rings. The fourth-order valence-electron chi connectivity index (χ4n) is 1.84. The van der Waals surface area contributed by atoms with Gasteiger partial charge >= 0.3 is 0 Å². The maximum absolute atomic E-state index is 13.0. The van der Waals surface area contributed by atoms with Crippen LogP contribution >= 0.6 is 0 Å². The van der Waals surface area contributed by atoms with Gasteiger partial charge in [-0.25, -0.2) is 8.78 Å². The van der Waals surface area contributed by atoms with Gasteiger partial charge in [-0.3, -0.25) is 4.79 Å². The minimum atomic E-state index is -0.702. The Bertz CT molecular complexity index is 648. The molecule has 0 atom stereocenters. The Morgan fingerprint density at radius 3 is 2.42 bits per heavy atom. The average molecular weight is 266 g/mol. The third-order valence-electron chi connectivity index (χ3n) is 2.69. The number of halogens is 2.